The van der Waals surface area contributed by atoms with Gasteiger partial charge in [-0.3, -0.25) is 4.90 Å². The Kier molecular flexibility index (Phi) is 6.94. The molecule has 1 aromatic carbocycles. The molecule has 1 aliphatic rings. The van der Waals surface area contributed by atoms with E-state index in [0.717, 1.165) is 57.4 Å². The van der Waals surface area contributed by atoms with Crippen molar-refractivity contribution in [2.75, 3.05) is 13.7 Å². The third kappa shape index (κ3) is 5.15. The van der Waals surface area contributed by atoms with Crippen LogP contribution in [0, 0.1) is 0 Å². The predicted octanol–water partition coefficient (Wildman–Crippen LogP) is 3.77. The molecule has 1 aromatic rings. The number of ether oxygens (including phenoxy) is 1. The lowest BCUT2D eigenvalue weighted by molar-refractivity contribution is 0.0697. The smallest absolute Gasteiger partial charge is 0.119 e. The van der Waals surface area contributed by atoms with E-state index in [9.17, 15) is 5.11 Å². The van der Waals surface area contributed by atoms with Crippen molar-refractivity contribution >= 4 is 0 Å². The fraction of sp³-hybridized carbons (Fsp3) is 0.579. The van der Waals surface area contributed by atoms with Crippen molar-refractivity contribution in [2.24, 2.45) is 0 Å². The van der Waals surface area contributed by atoms with Crippen LogP contribution in [-0.2, 0) is 6.54 Å². The normalized spacial score (nSPS) is 21.8. The van der Waals surface area contributed by atoms with Crippen LogP contribution >= 0.6 is 0 Å². The van der Waals surface area contributed by atoms with Gasteiger partial charge in [-0.2, -0.15) is 0 Å². The number of unbranched alkanes of at least 4 members (excludes halogenated alkanes) is 1. The fourth-order valence-corrected chi connectivity index (χ4v) is 3.26. The Balaban J connectivity index is 2.00. The van der Waals surface area contributed by atoms with Crippen LogP contribution in [0.15, 0.2) is 36.9 Å². The predicted molar refractivity (Wildman–Crippen MR) is 91.1 cm³/mol. The minimum absolute atomic E-state index is 0.0944. The van der Waals surface area contributed by atoms with Gasteiger partial charge in [0.2, 0.25) is 0 Å². The second-order valence-corrected chi connectivity index (χ2v) is 6.22. The lowest BCUT2D eigenvalue weighted by Crippen LogP contribution is -2.39. The summed E-state index contributed by atoms with van der Waals surface area (Å²) in [5.74, 6) is 0.919. The van der Waals surface area contributed by atoms with E-state index in [0.29, 0.717) is 6.04 Å². The summed E-state index contributed by atoms with van der Waals surface area (Å²) in [6, 6.07) is 8.92. The van der Waals surface area contributed by atoms with Crippen molar-refractivity contribution < 1.29 is 9.84 Å². The Hall–Kier alpha value is -1.32. The van der Waals surface area contributed by atoms with Crippen molar-refractivity contribution in [3.63, 3.8) is 0 Å². The number of aliphatic hydroxyl groups is 1. The Morgan fingerprint density at radius 2 is 2.09 bits per heavy atom. The maximum Gasteiger partial charge on any atom is 0.119 e. The first kappa shape index (κ1) is 17.0. The highest BCUT2D eigenvalue weighted by Crippen LogP contribution is 2.25. The number of allylic oxidation sites excluding steroid dienone is 1. The summed E-state index contributed by atoms with van der Waals surface area (Å²) >= 11 is 0. The molecular formula is C19H29NO2. The van der Waals surface area contributed by atoms with Crippen molar-refractivity contribution in [3.05, 3.63) is 42.5 Å². The van der Waals surface area contributed by atoms with Gasteiger partial charge in [-0.15, -0.1) is 6.58 Å². The molecule has 1 aliphatic carbocycles. The average Bonchev–Trinajstić information content (AvgIpc) is 2.55. The molecule has 0 aromatic heterocycles. The molecule has 122 valence electrons. The van der Waals surface area contributed by atoms with Gasteiger partial charge in [0.1, 0.15) is 5.75 Å². The highest BCUT2D eigenvalue weighted by atomic mass is 16.5. The zero-order valence-electron chi connectivity index (χ0n) is 13.7. The van der Waals surface area contributed by atoms with E-state index in [1.54, 1.807) is 7.11 Å². The minimum Gasteiger partial charge on any atom is -0.497 e. The largest absolute Gasteiger partial charge is 0.497 e. The lowest BCUT2D eigenvalue weighted by atomic mass is 9.91. The SMILES string of the molecule is C=CCCCN(Cc1cccc(OC)c1)C1CCC(O)CC1. The van der Waals surface area contributed by atoms with Crippen molar-refractivity contribution in [1.82, 2.24) is 4.90 Å². The van der Waals surface area contributed by atoms with Crippen molar-refractivity contribution in [3.8, 4) is 5.75 Å². The molecule has 1 fully saturated rings. The molecule has 0 spiro atoms. The van der Waals surface area contributed by atoms with Crippen LogP contribution in [0.25, 0.3) is 0 Å². The molecule has 0 aliphatic heterocycles. The van der Waals surface area contributed by atoms with Gasteiger partial charge in [0.25, 0.3) is 0 Å². The fourth-order valence-electron chi connectivity index (χ4n) is 3.26. The van der Waals surface area contributed by atoms with Crippen LogP contribution in [0.1, 0.15) is 44.1 Å². The van der Waals surface area contributed by atoms with E-state index in [4.69, 9.17) is 4.74 Å². The van der Waals surface area contributed by atoms with Crippen molar-refractivity contribution in [1.29, 1.82) is 0 Å². The summed E-state index contributed by atoms with van der Waals surface area (Å²) in [4.78, 5) is 2.57. The van der Waals surface area contributed by atoms with E-state index in [2.05, 4.69) is 29.7 Å². The molecule has 2 rings (SSSR count). The van der Waals surface area contributed by atoms with E-state index < -0.39 is 0 Å². The standard InChI is InChI=1S/C19H29NO2/c1-3-4-5-13-20(17-9-11-18(21)12-10-17)15-16-7-6-8-19(14-16)22-2/h3,6-8,14,17-18,21H,1,4-5,9-13,15H2,2H3. The molecule has 22 heavy (non-hydrogen) atoms. The number of benzene rings is 1. The summed E-state index contributed by atoms with van der Waals surface area (Å²) in [6.07, 6.45) is 8.16. The molecule has 1 N–H and O–H groups in total. The van der Waals surface area contributed by atoms with Crippen molar-refractivity contribution in [2.45, 2.75) is 57.2 Å². The van der Waals surface area contributed by atoms with Crippen LogP contribution < -0.4 is 4.74 Å². The Morgan fingerprint density at radius 3 is 2.77 bits per heavy atom. The molecule has 3 nitrogen and oxygen atoms in total. The molecule has 0 atom stereocenters. The monoisotopic (exact) mass is 303 g/mol. The molecule has 0 amide bonds. The van der Waals surface area contributed by atoms with E-state index >= 15 is 0 Å². The minimum atomic E-state index is -0.0944. The third-order valence-electron chi connectivity index (χ3n) is 4.56. The molecule has 0 saturated heterocycles. The first-order valence-electron chi connectivity index (χ1n) is 8.39. The molecule has 0 radical (unpaired) electrons. The number of hydrogen-bond donors (Lipinski definition) is 1. The summed E-state index contributed by atoms with van der Waals surface area (Å²) in [5, 5.41) is 9.73. The van der Waals surface area contributed by atoms with E-state index in [-0.39, 0.29) is 6.10 Å². The van der Waals surface area contributed by atoms with Crippen LogP contribution in [0.4, 0.5) is 0 Å². The van der Waals surface area contributed by atoms with E-state index in [1.165, 1.54) is 5.56 Å². The molecule has 0 bridgehead atoms. The maximum atomic E-state index is 9.73. The number of aliphatic hydroxyl groups excluding tert-OH is 1. The van der Waals surface area contributed by atoms with Gasteiger partial charge in [0, 0.05) is 12.6 Å². The Morgan fingerprint density at radius 1 is 1.32 bits per heavy atom. The summed E-state index contributed by atoms with van der Waals surface area (Å²) in [7, 11) is 1.71. The van der Waals surface area contributed by atoms with Crippen LogP contribution in [0.3, 0.4) is 0 Å². The van der Waals surface area contributed by atoms with Gasteiger partial charge in [0.15, 0.2) is 0 Å². The Bertz CT molecular complexity index is 453. The van der Waals surface area contributed by atoms with E-state index in [1.807, 2.05) is 12.1 Å². The quantitative estimate of drug-likeness (QED) is 0.586. The maximum absolute atomic E-state index is 9.73. The highest BCUT2D eigenvalue weighted by Gasteiger charge is 2.24. The number of hydrogen-bond acceptors (Lipinski definition) is 3. The summed E-state index contributed by atoms with van der Waals surface area (Å²) in [6.45, 7) is 5.86. The Labute approximate surface area is 134 Å². The second kappa shape index (κ2) is 8.96. The molecule has 0 heterocycles. The molecule has 0 unspecified atom stereocenters. The molecule has 3 heteroatoms. The number of methoxy groups -OCH3 is 1. The number of rotatable bonds is 8. The number of nitrogens with zero attached hydrogens (tertiary/aromatic N) is 1. The van der Waals surface area contributed by atoms with Gasteiger partial charge in [-0.25, -0.2) is 0 Å². The second-order valence-electron chi connectivity index (χ2n) is 6.22. The first-order valence-corrected chi connectivity index (χ1v) is 8.39. The van der Waals surface area contributed by atoms with Gasteiger partial charge in [0.05, 0.1) is 13.2 Å². The van der Waals surface area contributed by atoms with Gasteiger partial charge >= 0.3 is 0 Å². The average molecular weight is 303 g/mol. The van der Waals surface area contributed by atoms with Crippen LogP contribution in [-0.4, -0.2) is 35.8 Å². The van der Waals surface area contributed by atoms with Gasteiger partial charge < -0.3 is 9.84 Å². The zero-order valence-corrected chi connectivity index (χ0v) is 13.7. The summed E-state index contributed by atoms with van der Waals surface area (Å²) < 4.78 is 5.33. The van der Waals surface area contributed by atoms with Gasteiger partial charge in [-0.1, -0.05) is 18.2 Å². The summed E-state index contributed by atoms with van der Waals surface area (Å²) in [5.41, 5.74) is 1.30. The third-order valence-corrected chi connectivity index (χ3v) is 4.56. The van der Waals surface area contributed by atoms with Gasteiger partial charge in [-0.05, 0) is 62.8 Å². The molecule has 1 saturated carbocycles. The van der Waals surface area contributed by atoms with Crippen LogP contribution in [0.2, 0.25) is 0 Å². The van der Waals surface area contributed by atoms with Crippen LogP contribution in [0.5, 0.6) is 5.75 Å². The zero-order chi connectivity index (χ0) is 15.8. The highest BCUT2D eigenvalue weighted by molar-refractivity contribution is 5.28. The first-order chi connectivity index (χ1) is 10.7. The lowest BCUT2D eigenvalue weighted by Gasteiger charge is -2.36. The molecular weight excluding hydrogens is 274 g/mol. The topological polar surface area (TPSA) is 32.7 Å².